The number of aromatic nitrogens is 4. The molecule has 10 heteroatoms. The van der Waals surface area contributed by atoms with E-state index in [-0.39, 0.29) is 57.0 Å². The zero-order valence-electron chi connectivity index (χ0n) is 28.1. The van der Waals surface area contributed by atoms with Crippen molar-refractivity contribution >= 4 is 0 Å². The topological polar surface area (TPSA) is 98.5 Å². The van der Waals surface area contributed by atoms with Gasteiger partial charge >= 0.3 is 0 Å². The largest absolute Gasteiger partial charge is 1.00 e. The lowest BCUT2D eigenvalue weighted by molar-refractivity contribution is -0.702. The minimum absolute atomic E-state index is 0. The van der Waals surface area contributed by atoms with Crippen LogP contribution in [0.1, 0.15) is 39.3 Å². The van der Waals surface area contributed by atoms with E-state index in [9.17, 15) is 20.4 Å². The maximum atomic E-state index is 10.1. The van der Waals surface area contributed by atoms with Gasteiger partial charge in [0.1, 0.15) is 23.0 Å². The molecule has 6 aromatic rings. The zero-order chi connectivity index (χ0) is 33.2. The molecule has 2 heterocycles. The van der Waals surface area contributed by atoms with Crippen LogP contribution in [0.3, 0.4) is 0 Å². The van der Waals surface area contributed by atoms with Gasteiger partial charge in [-0.25, -0.2) is 18.3 Å². The van der Waals surface area contributed by atoms with E-state index in [0.717, 1.165) is 82.9 Å². The van der Waals surface area contributed by atoms with Gasteiger partial charge in [0, 0.05) is 22.3 Å². The minimum atomic E-state index is 0. The molecular formula is C39H42Br2N4O4. The van der Waals surface area contributed by atoms with Gasteiger partial charge in [-0.2, -0.15) is 0 Å². The average molecular weight is 791 g/mol. The van der Waals surface area contributed by atoms with Gasteiger partial charge in [-0.3, -0.25) is 0 Å². The van der Waals surface area contributed by atoms with Crippen molar-refractivity contribution < 1.29 is 63.5 Å². The smallest absolute Gasteiger partial charge is 0.269 e. The summed E-state index contributed by atoms with van der Waals surface area (Å²) < 4.78 is 9.47. The molecule has 2 aromatic heterocycles. The summed E-state index contributed by atoms with van der Waals surface area (Å²) in [5, 5.41) is 40.5. The summed E-state index contributed by atoms with van der Waals surface area (Å²) in [4.78, 5) is 0. The number of rotatable bonds is 10. The summed E-state index contributed by atoms with van der Waals surface area (Å²) >= 11 is 0. The van der Waals surface area contributed by atoms with Crippen LogP contribution in [0.2, 0.25) is 0 Å². The number of phenols is 4. The summed E-state index contributed by atoms with van der Waals surface area (Å²) in [5.74, 6) is 3.12. The van der Waals surface area contributed by atoms with Crippen molar-refractivity contribution in [1.29, 1.82) is 0 Å². The quantitative estimate of drug-likeness (QED) is 0.156. The lowest BCUT2D eigenvalue weighted by Gasteiger charge is -2.06. The molecule has 0 unspecified atom stereocenters. The van der Waals surface area contributed by atoms with Crippen LogP contribution in [-0.2, 0) is 32.6 Å². The van der Waals surface area contributed by atoms with E-state index < -0.39 is 0 Å². The van der Waals surface area contributed by atoms with Crippen LogP contribution in [-0.4, -0.2) is 29.6 Å². The van der Waals surface area contributed by atoms with Crippen LogP contribution in [0.4, 0.5) is 0 Å². The Kier molecular flexibility index (Phi) is 12.0. The second kappa shape index (κ2) is 15.8. The van der Waals surface area contributed by atoms with Crippen molar-refractivity contribution in [3.63, 3.8) is 0 Å². The first-order valence-electron chi connectivity index (χ1n) is 16.3. The first-order chi connectivity index (χ1) is 22.8. The van der Waals surface area contributed by atoms with Gasteiger partial charge in [0.2, 0.25) is 0 Å². The first kappa shape index (κ1) is 37.3. The number of hydrogen-bond acceptors (Lipinski definition) is 4. The number of phenolic OH excluding ortho intramolecular Hbond substituents is 4. The number of hydrogen-bond donors (Lipinski definition) is 4. The molecule has 0 fully saturated rings. The van der Waals surface area contributed by atoms with E-state index in [2.05, 4.69) is 46.0 Å². The molecule has 0 saturated carbocycles. The zero-order valence-corrected chi connectivity index (χ0v) is 31.3. The van der Waals surface area contributed by atoms with Gasteiger partial charge in [-0.1, -0.05) is 0 Å². The lowest BCUT2D eigenvalue weighted by atomic mass is 10.0. The molecule has 8 nitrogen and oxygen atoms in total. The third-order valence-electron chi connectivity index (χ3n) is 8.92. The second-order valence-corrected chi connectivity index (χ2v) is 11.6. The van der Waals surface area contributed by atoms with Gasteiger partial charge in [0.15, 0.2) is 29.2 Å². The molecule has 0 aliphatic rings. The summed E-state index contributed by atoms with van der Waals surface area (Å²) in [6.45, 7) is 11.5. The van der Waals surface area contributed by atoms with Gasteiger partial charge in [-0.15, -0.1) is 0 Å². The second-order valence-electron chi connectivity index (χ2n) is 11.6. The first-order valence-corrected chi connectivity index (χ1v) is 16.3. The summed E-state index contributed by atoms with van der Waals surface area (Å²) in [7, 11) is 0. The molecule has 6 rings (SSSR count). The summed E-state index contributed by atoms with van der Waals surface area (Å²) in [6, 6.07) is 29.4. The Hall–Kier alpha value is -4.54. The predicted octanol–water partition coefficient (Wildman–Crippen LogP) is 1.03. The molecule has 0 amide bonds. The standard InChI is InChI=1S/C39H40N4O4.2BrH/c1-5-40-34(41(6-2)37(27-11-19-31(45)20-12-27)36(40)26-9-17-30(44)18-10-26)25-35-42(7-3)38(28-13-21-32(46)22-14-28)39(43(35)8-4)29-15-23-33(47)24-16-29;;/h9-24H,5-8,25H2,1-4H3,(H2-2,44,45,46,47);2*1H. The highest BCUT2D eigenvalue weighted by atomic mass is 79.9. The van der Waals surface area contributed by atoms with Crippen LogP contribution >= 0.6 is 0 Å². The Morgan fingerprint density at radius 3 is 0.939 bits per heavy atom. The van der Waals surface area contributed by atoms with E-state index in [1.54, 1.807) is 48.5 Å². The molecule has 256 valence electrons. The van der Waals surface area contributed by atoms with Crippen molar-refractivity contribution in [2.24, 2.45) is 0 Å². The van der Waals surface area contributed by atoms with E-state index in [1.807, 2.05) is 48.5 Å². The fourth-order valence-electron chi connectivity index (χ4n) is 6.85. The maximum Gasteiger partial charge on any atom is 0.269 e. The van der Waals surface area contributed by atoms with Gasteiger partial charge in [0.25, 0.3) is 11.6 Å². The predicted molar refractivity (Wildman–Crippen MR) is 183 cm³/mol. The minimum Gasteiger partial charge on any atom is -1.00 e. The lowest BCUT2D eigenvalue weighted by Crippen LogP contribution is -3.00. The molecule has 0 aliphatic heterocycles. The molecule has 0 spiro atoms. The number of benzene rings is 4. The van der Waals surface area contributed by atoms with Gasteiger partial charge in [0.05, 0.1) is 26.2 Å². The van der Waals surface area contributed by atoms with Crippen LogP contribution in [0.25, 0.3) is 45.0 Å². The van der Waals surface area contributed by atoms with Crippen LogP contribution in [0.15, 0.2) is 97.1 Å². The van der Waals surface area contributed by atoms with Crippen molar-refractivity contribution in [3.8, 4) is 68.0 Å². The molecule has 0 radical (unpaired) electrons. The third-order valence-corrected chi connectivity index (χ3v) is 8.92. The normalized spacial score (nSPS) is 10.9. The third kappa shape index (κ3) is 6.98. The van der Waals surface area contributed by atoms with Crippen LogP contribution in [0, 0.1) is 0 Å². The highest BCUT2D eigenvalue weighted by Gasteiger charge is 2.37. The number of halogens is 2. The Bertz CT molecular complexity index is 1730. The molecule has 49 heavy (non-hydrogen) atoms. The van der Waals surface area contributed by atoms with Gasteiger partial charge in [-0.05, 0) is 125 Å². The van der Waals surface area contributed by atoms with Crippen molar-refractivity contribution in [3.05, 3.63) is 109 Å². The van der Waals surface area contributed by atoms with Crippen molar-refractivity contribution in [1.82, 2.24) is 9.13 Å². The Morgan fingerprint density at radius 1 is 0.429 bits per heavy atom. The molecule has 0 saturated heterocycles. The van der Waals surface area contributed by atoms with E-state index in [0.29, 0.717) is 6.42 Å². The fourth-order valence-corrected chi connectivity index (χ4v) is 6.85. The van der Waals surface area contributed by atoms with E-state index in [1.165, 1.54) is 0 Å². The van der Waals surface area contributed by atoms with Crippen LogP contribution in [0.5, 0.6) is 23.0 Å². The molecule has 0 bridgehead atoms. The highest BCUT2D eigenvalue weighted by Crippen LogP contribution is 2.37. The maximum absolute atomic E-state index is 10.1. The summed E-state index contributed by atoms with van der Waals surface area (Å²) in [5.41, 5.74) is 8.15. The number of aromatic hydroxyl groups is 4. The van der Waals surface area contributed by atoms with Crippen LogP contribution < -0.4 is 43.1 Å². The van der Waals surface area contributed by atoms with E-state index in [4.69, 9.17) is 0 Å². The average Bonchev–Trinajstić information content (AvgIpc) is 3.57. The fraction of sp³-hybridized carbons (Fsp3) is 0.231. The Labute approximate surface area is 308 Å². The molecule has 0 aliphatic carbocycles. The van der Waals surface area contributed by atoms with E-state index >= 15 is 0 Å². The van der Waals surface area contributed by atoms with Crippen molar-refractivity contribution in [2.75, 3.05) is 0 Å². The number of imidazole rings is 2. The molecule has 4 aromatic carbocycles. The summed E-state index contributed by atoms with van der Waals surface area (Å²) in [6.07, 6.45) is 0.621. The Morgan fingerprint density at radius 2 is 0.694 bits per heavy atom. The van der Waals surface area contributed by atoms with Gasteiger partial charge < -0.3 is 54.4 Å². The monoisotopic (exact) mass is 788 g/mol. The molecule has 4 N–H and O–H groups in total. The molecule has 0 atom stereocenters. The molecular weight excluding hydrogens is 748 g/mol. The SMILES string of the molecule is CCn1c(-c2ccc(O)cc2)c(-c2ccc(O)cc2)[n+](CC)c1Cc1n(CC)c(-c2ccc(O)cc2)c(-c2ccc(O)cc2)[n+]1CC.[Br-].[Br-]. The Balaban J connectivity index is 0.00000270. The highest BCUT2D eigenvalue weighted by molar-refractivity contribution is 5.79. The number of nitrogens with zero attached hydrogens (tertiary/aromatic N) is 4. The van der Waals surface area contributed by atoms with Crippen molar-refractivity contribution in [2.45, 2.75) is 60.3 Å².